The number of nitrogens with zero attached hydrogens (tertiary/aromatic N) is 2. The number of carbonyl (C=O) groups is 3. The average Bonchev–Trinajstić information content (AvgIpc) is 2.55. The van der Waals surface area contributed by atoms with Crippen LogP contribution in [0.2, 0.25) is 0 Å². The Kier molecular flexibility index (Phi) is 6.78. The fourth-order valence-electron chi connectivity index (χ4n) is 2.99. The first-order valence-corrected chi connectivity index (χ1v) is 8.31. The third-order valence-electron chi connectivity index (χ3n) is 4.46. The number of ether oxygens (including phenoxy) is 1. The van der Waals surface area contributed by atoms with Crippen LogP contribution in [-0.4, -0.2) is 59.6 Å². The Labute approximate surface area is 154 Å². The van der Waals surface area contributed by atoms with Crippen molar-refractivity contribution in [2.24, 2.45) is 5.41 Å². The van der Waals surface area contributed by atoms with Gasteiger partial charge in [-0.2, -0.15) is 0 Å². The fraction of sp³-hybridized carbons (Fsp3) is 0.526. The quantitative estimate of drug-likeness (QED) is 0.838. The minimum absolute atomic E-state index is 0.0352. The van der Waals surface area contributed by atoms with Gasteiger partial charge in [0.15, 0.2) is 0 Å². The Morgan fingerprint density at radius 1 is 1.04 bits per heavy atom. The van der Waals surface area contributed by atoms with E-state index in [1.54, 1.807) is 20.8 Å². The number of rotatable bonds is 6. The van der Waals surface area contributed by atoms with Crippen LogP contribution < -0.4 is 0 Å². The van der Waals surface area contributed by atoms with Crippen molar-refractivity contribution in [3.63, 3.8) is 0 Å². The second kappa shape index (κ2) is 8.21. The van der Waals surface area contributed by atoms with E-state index in [1.807, 2.05) is 30.3 Å². The third kappa shape index (κ3) is 4.53. The molecule has 1 unspecified atom stereocenters. The molecular weight excluding hydrogens is 336 g/mol. The van der Waals surface area contributed by atoms with E-state index < -0.39 is 35.3 Å². The summed E-state index contributed by atoms with van der Waals surface area (Å²) in [5.74, 6) is -1.63. The number of carboxylic acid groups (broad SMARTS) is 1. The molecule has 1 aromatic rings. The maximum absolute atomic E-state index is 13.0. The maximum atomic E-state index is 13.0. The van der Waals surface area contributed by atoms with Gasteiger partial charge in [-0.25, -0.2) is 4.79 Å². The number of benzene rings is 1. The van der Waals surface area contributed by atoms with E-state index in [-0.39, 0.29) is 6.61 Å². The lowest BCUT2D eigenvalue weighted by molar-refractivity contribution is -0.157. The summed E-state index contributed by atoms with van der Waals surface area (Å²) in [5, 5.41) is 9.43. The summed E-state index contributed by atoms with van der Waals surface area (Å²) in [6, 6.07) is 9.13. The molecule has 1 rings (SSSR count). The predicted molar refractivity (Wildman–Crippen MR) is 97.5 cm³/mol. The molecular formula is C19H28N2O5. The Balaban J connectivity index is 3.20. The van der Waals surface area contributed by atoms with Gasteiger partial charge >= 0.3 is 12.1 Å². The van der Waals surface area contributed by atoms with Crippen molar-refractivity contribution in [2.45, 2.75) is 39.3 Å². The molecule has 0 saturated heterocycles. The van der Waals surface area contributed by atoms with Gasteiger partial charge in [0, 0.05) is 21.1 Å². The molecule has 0 aliphatic carbocycles. The molecule has 2 amide bonds. The molecule has 0 heterocycles. The second-order valence-electron chi connectivity index (χ2n) is 7.48. The van der Waals surface area contributed by atoms with E-state index in [0.29, 0.717) is 0 Å². The highest BCUT2D eigenvalue weighted by atomic mass is 16.6. The van der Waals surface area contributed by atoms with Gasteiger partial charge in [0.25, 0.3) is 0 Å². The zero-order valence-electron chi connectivity index (χ0n) is 16.3. The van der Waals surface area contributed by atoms with Gasteiger partial charge in [-0.1, -0.05) is 51.1 Å². The van der Waals surface area contributed by atoms with E-state index >= 15 is 0 Å². The van der Waals surface area contributed by atoms with E-state index in [4.69, 9.17) is 4.74 Å². The Hall–Kier alpha value is -2.57. The molecule has 144 valence electrons. The van der Waals surface area contributed by atoms with Crippen molar-refractivity contribution in [3.8, 4) is 0 Å². The molecule has 26 heavy (non-hydrogen) atoms. The van der Waals surface area contributed by atoms with Crippen molar-refractivity contribution >= 4 is 18.0 Å². The first-order valence-electron chi connectivity index (χ1n) is 8.31. The molecule has 0 aliphatic heterocycles. The molecule has 1 atom stereocenters. The van der Waals surface area contributed by atoms with Crippen LogP contribution in [0.5, 0.6) is 0 Å². The minimum Gasteiger partial charge on any atom is -0.481 e. The zero-order chi connectivity index (χ0) is 20.1. The van der Waals surface area contributed by atoms with Crippen LogP contribution in [-0.2, 0) is 20.9 Å². The largest absolute Gasteiger partial charge is 0.481 e. The average molecular weight is 364 g/mol. The summed E-state index contributed by atoms with van der Waals surface area (Å²) in [6.07, 6.45) is -1.27. The lowest BCUT2D eigenvalue weighted by Gasteiger charge is -2.48. The minimum atomic E-state index is -1.59. The first-order chi connectivity index (χ1) is 11.9. The maximum Gasteiger partial charge on any atom is 0.410 e. The summed E-state index contributed by atoms with van der Waals surface area (Å²) in [5.41, 5.74) is -1.63. The van der Waals surface area contributed by atoms with Crippen molar-refractivity contribution < 1.29 is 24.2 Å². The molecule has 0 bridgehead atoms. The normalized spacial score (nSPS) is 13.5. The predicted octanol–water partition coefficient (Wildman–Crippen LogP) is 2.60. The molecule has 7 nitrogen and oxygen atoms in total. The Morgan fingerprint density at radius 2 is 1.58 bits per heavy atom. The molecule has 0 aromatic heterocycles. The van der Waals surface area contributed by atoms with Gasteiger partial charge in [0.2, 0.25) is 5.91 Å². The van der Waals surface area contributed by atoms with E-state index in [2.05, 4.69) is 0 Å². The summed E-state index contributed by atoms with van der Waals surface area (Å²) >= 11 is 0. The molecule has 0 spiro atoms. The van der Waals surface area contributed by atoms with Crippen LogP contribution in [0.1, 0.15) is 32.8 Å². The highest BCUT2D eigenvalue weighted by molar-refractivity contribution is 5.94. The third-order valence-corrected chi connectivity index (χ3v) is 4.46. The number of carbonyl (C=O) groups excluding carboxylic acids is 2. The van der Waals surface area contributed by atoms with E-state index in [9.17, 15) is 19.5 Å². The second-order valence-corrected chi connectivity index (χ2v) is 7.48. The molecule has 7 heteroatoms. The van der Waals surface area contributed by atoms with Gasteiger partial charge < -0.3 is 14.7 Å². The summed E-state index contributed by atoms with van der Waals surface area (Å²) < 4.78 is 5.33. The molecule has 0 fully saturated rings. The smallest absolute Gasteiger partial charge is 0.410 e. The number of amides is 2. The van der Waals surface area contributed by atoms with Crippen molar-refractivity contribution in [1.82, 2.24) is 9.80 Å². The van der Waals surface area contributed by atoms with Gasteiger partial charge in [-0.05, 0) is 11.0 Å². The lowest BCUT2D eigenvalue weighted by atomic mass is 9.69. The molecule has 0 saturated carbocycles. The topological polar surface area (TPSA) is 87.2 Å². The Bertz CT molecular complexity index is 652. The number of hydrogen-bond donors (Lipinski definition) is 1. The SMILES string of the molecule is CN(C)C(=O)C(CC(=O)O)(N(C)C(=O)OCc1ccccc1)C(C)(C)C. The molecule has 0 radical (unpaired) electrons. The van der Waals surface area contributed by atoms with Crippen LogP contribution in [0.3, 0.4) is 0 Å². The number of likely N-dealkylation sites (N-methyl/N-ethyl adjacent to an activating group) is 2. The molecule has 0 aliphatic rings. The van der Waals surface area contributed by atoms with Crippen LogP contribution >= 0.6 is 0 Å². The van der Waals surface area contributed by atoms with Crippen molar-refractivity contribution in [2.75, 3.05) is 21.1 Å². The lowest BCUT2D eigenvalue weighted by Crippen LogP contribution is -2.66. The van der Waals surface area contributed by atoms with Gasteiger partial charge in [-0.3, -0.25) is 14.5 Å². The fourth-order valence-corrected chi connectivity index (χ4v) is 2.99. The van der Waals surface area contributed by atoms with Crippen LogP contribution in [0.4, 0.5) is 4.79 Å². The molecule has 1 N–H and O–H groups in total. The highest BCUT2D eigenvalue weighted by Gasteiger charge is 2.56. The van der Waals surface area contributed by atoms with Crippen LogP contribution in [0.25, 0.3) is 0 Å². The van der Waals surface area contributed by atoms with Crippen LogP contribution in [0.15, 0.2) is 30.3 Å². The first kappa shape index (κ1) is 21.5. The zero-order valence-corrected chi connectivity index (χ0v) is 16.3. The summed E-state index contributed by atoms with van der Waals surface area (Å²) in [6.45, 7) is 5.24. The van der Waals surface area contributed by atoms with Gasteiger partial charge in [-0.15, -0.1) is 0 Å². The monoisotopic (exact) mass is 364 g/mol. The van der Waals surface area contributed by atoms with Gasteiger partial charge in [0.1, 0.15) is 12.1 Å². The van der Waals surface area contributed by atoms with Crippen molar-refractivity contribution in [3.05, 3.63) is 35.9 Å². The number of carboxylic acids is 1. The van der Waals surface area contributed by atoms with Crippen molar-refractivity contribution in [1.29, 1.82) is 0 Å². The number of aliphatic carboxylic acids is 1. The van der Waals surface area contributed by atoms with Gasteiger partial charge in [0.05, 0.1) is 6.42 Å². The molecule has 1 aromatic carbocycles. The highest BCUT2D eigenvalue weighted by Crippen LogP contribution is 2.40. The van der Waals surface area contributed by atoms with E-state index in [0.717, 1.165) is 10.5 Å². The number of hydrogen-bond acceptors (Lipinski definition) is 4. The standard InChI is InChI=1S/C19H28N2O5/c1-18(2,3)19(12-15(22)23,16(24)20(4)5)21(6)17(25)26-13-14-10-8-7-9-11-14/h7-11H,12-13H2,1-6H3,(H,22,23). The summed E-state index contributed by atoms with van der Waals surface area (Å²) in [4.78, 5) is 39.6. The summed E-state index contributed by atoms with van der Waals surface area (Å²) in [7, 11) is 4.48. The van der Waals surface area contributed by atoms with Crippen LogP contribution in [0, 0.1) is 5.41 Å². The Morgan fingerprint density at radius 3 is 2.00 bits per heavy atom. The van der Waals surface area contributed by atoms with E-state index in [1.165, 1.54) is 26.0 Å².